The van der Waals surface area contributed by atoms with Crippen molar-refractivity contribution in [2.45, 2.75) is 85.6 Å². The van der Waals surface area contributed by atoms with Crippen LogP contribution in [0.15, 0.2) is 54.6 Å². The summed E-state index contributed by atoms with van der Waals surface area (Å²) in [6, 6.07) is 18.5. The highest BCUT2D eigenvalue weighted by molar-refractivity contribution is 5.91. The highest BCUT2D eigenvalue weighted by Crippen LogP contribution is 2.44. The van der Waals surface area contributed by atoms with Gasteiger partial charge in [0.05, 0.1) is 5.54 Å². The zero-order valence-electron chi connectivity index (χ0n) is 24.3. The third-order valence-electron chi connectivity index (χ3n) is 8.64. The fourth-order valence-corrected chi connectivity index (χ4v) is 6.86. The number of allylic oxidation sites excluding steroid dienone is 1. The first-order valence-corrected chi connectivity index (χ1v) is 14.3. The van der Waals surface area contributed by atoms with E-state index in [1.165, 1.54) is 55.8 Å². The standard InChI is InChI=1S/C36H41NO/c1-9-23-19-35(5,6)20-26-14-32-30(16-28(23)26)34(25-12-10-24(11-13-25)21(2)3)29-15-27-22(4)18-36(7,8)37-31(27)17-33(29)38-32/h10-18,20-21,23,37H,9,19H2,1-8H3. The second-order valence-electron chi connectivity index (χ2n) is 13.2. The first-order valence-electron chi connectivity index (χ1n) is 14.3. The van der Waals surface area contributed by atoms with Crippen LogP contribution in [0.1, 0.15) is 108 Å². The van der Waals surface area contributed by atoms with Gasteiger partial charge in [0, 0.05) is 33.7 Å². The van der Waals surface area contributed by atoms with Gasteiger partial charge in [-0.15, -0.1) is 0 Å². The third kappa shape index (κ3) is 4.19. The normalized spacial score (nSPS) is 20.2. The van der Waals surface area contributed by atoms with Gasteiger partial charge in [0.2, 0.25) is 0 Å². The van der Waals surface area contributed by atoms with Crippen LogP contribution < -0.4 is 20.5 Å². The van der Waals surface area contributed by atoms with Crippen molar-refractivity contribution < 1.29 is 4.74 Å². The monoisotopic (exact) mass is 503 g/mol. The van der Waals surface area contributed by atoms with Crippen molar-refractivity contribution in [3.8, 4) is 11.5 Å². The van der Waals surface area contributed by atoms with Crippen LogP contribution in [-0.4, -0.2) is 5.54 Å². The summed E-state index contributed by atoms with van der Waals surface area (Å²) in [7, 11) is 0. The summed E-state index contributed by atoms with van der Waals surface area (Å²) in [5, 5.41) is 6.27. The summed E-state index contributed by atoms with van der Waals surface area (Å²) in [6.45, 7) is 18.2. The van der Waals surface area contributed by atoms with Gasteiger partial charge in [-0.25, -0.2) is 0 Å². The average Bonchev–Trinajstić information content (AvgIpc) is 2.84. The Hall–Kier alpha value is -3.26. The minimum Gasteiger partial charge on any atom is -0.456 e. The van der Waals surface area contributed by atoms with Gasteiger partial charge in [-0.1, -0.05) is 71.0 Å². The Balaban J connectivity index is 1.67. The lowest BCUT2D eigenvalue weighted by Gasteiger charge is -2.34. The van der Waals surface area contributed by atoms with Crippen molar-refractivity contribution in [1.29, 1.82) is 0 Å². The van der Waals surface area contributed by atoms with Gasteiger partial charge < -0.3 is 10.1 Å². The smallest absolute Gasteiger partial charge is 0.137 e. The summed E-state index contributed by atoms with van der Waals surface area (Å²) < 4.78 is 6.76. The van der Waals surface area contributed by atoms with E-state index in [2.05, 4.69) is 121 Å². The van der Waals surface area contributed by atoms with E-state index in [9.17, 15) is 0 Å². The molecule has 38 heavy (non-hydrogen) atoms. The van der Waals surface area contributed by atoms with Crippen LogP contribution in [-0.2, 0) is 0 Å². The van der Waals surface area contributed by atoms with Crippen LogP contribution in [0.2, 0.25) is 0 Å². The molecule has 0 fully saturated rings. The summed E-state index contributed by atoms with van der Waals surface area (Å²) >= 11 is 0. The molecule has 3 aliphatic rings. The molecule has 1 N–H and O–H groups in total. The van der Waals surface area contributed by atoms with Gasteiger partial charge in [-0.3, -0.25) is 0 Å². The van der Waals surface area contributed by atoms with E-state index in [0.29, 0.717) is 11.8 Å². The molecule has 0 saturated carbocycles. The number of fused-ring (bicyclic) bond motifs is 4. The topological polar surface area (TPSA) is 21.3 Å². The van der Waals surface area contributed by atoms with E-state index in [4.69, 9.17) is 4.74 Å². The van der Waals surface area contributed by atoms with Gasteiger partial charge in [-0.05, 0) is 96.5 Å². The van der Waals surface area contributed by atoms with Crippen LogP contribution in [0.25, 0.3) is 17.2 Å². The van der Waals surface area contributed by atoms with E-state index in [1.807, 2.05) is 0 Å². The van der Waals surface area contributed by atoms with E-state index in [1.54, 1.807) is 0 Å². The van der Waals surface area contributed by atoms with Crippen molar-refractivity contribution >= 4 is 22.9 Å². The van der Waals surface area contributed by atoms with Crippen LogP contribution in [0.5, 0.6) is 11.5 Å². The molecule has 2 heteroatoms. The number of rotatable bonds is 3. The third-order valence-corrected chi connectivity index (χ3v) is 8.64. The lowest BCUT2D eigenvalue weighted by Crippen LogP contribution is -2.32. The van der Waals surface area contributed by atoms with E-state index >= 15 is 0 Å². The van der Waals surface area contributed by atoms with Crippen molar-refractivity contribution in [3.63, 3.8) is 0 Å². The molecule has 0 radical (unpaired) electrons. The van der Waals surface area contributed by atoms with Gasteiger partial charge in [0.25, 0.3) is 0 Å². The molecule has 3 aromatic rings. The Kier molecular flexibility index (Phi) is 5.69. The highest BCUT2D eigenvalue weighted by Gasteiger charge is 2.31. The molecule has 0 amide bonds. The lowest BCUT2D eigenvalue weighted by molar-refractivity contribution is 0.393. The van der Waals surface area contributed by atoms with Crippen LogP contribution in [0.4, 0.5) is 5.69 Å². The summed E-state index contributed by atoms with van der Waals surface area (Å²) in [4.78, 5) is 0. The number of benzene rings is 3. The molecular formula is C36H41NO. The molecular weight excluding hydrogens is 462 g/mol. The van der Waals surface area contributed by atoms with E-state index in [-0.39, 0.29) is 11.0 Å². The Bertz CT molecular complexity index is 1600. The lowest BCUT2D eigenvalue weighted by atomic mass is 9.73. The molecule has 1 atom stereocenters. The first-order chi connectivity index (χ1) is 17.9. The number of ether oxygens (including phenoxy) is 1. The molecule has 1 unspecified atom stereocenters. The maximum Gasteiger partial charge on any atom is 0.137 e. The molecule has 2 nitrogen and oxygen atoms in total. The van der Waals surface area contributed by atoms with Crippen molar-refractivity contribution in [1.82, 2.24) is 0 Å². The van der Waals surface area contributed by atoms with Gasteiger partial charge >= 0.3 is 0 Å². The number of nitrogens with one attached hydrogen (secondary N) is 1. The minimum atomic E-state index is -0.0914. The largest absolute Gasteiger partial charge is 0.456 e. The van der Waals surface area contributed by atoms with Crippen molar-refractivity contribution in [2.24, 2.45) is 5.41 Å². The van der Waals surface area contributed by atoms with Gasteiger partial charge in [0.15, 0.2) is 0 Å². The maximum atomic E-state index is 6.76. The second-order valence-corrected chi connectivity index (χ2v) is 13.2. The second kappa shape index (κ2) is 8.63. The number of anilines is 1. The minimum absolute atomic E-state index is 0.0914. The summed E-state index contributed by atoms with van der Waals surface area (Å²) in [6.07, 6.45) is 7.12. The Morgan fingerprint density at radius 2 is 1.66 bits per heavy atom. The molecule has 2 aliphatic heterocycles. The van der Waals surface area contributed by atoms with Gasteiger partial charge in [-0.2, -0.15) is 0 Å². The van der Waals surface area contributed by atoms with Crippen LogP contribution in [0.3, 0.4) is 0 Å². The quantitative estimate of drug-likeness (QED) is 0.303. The molecule has 196 valence electrons. The average molecular weight is 504 g/mol. The molecule has 1 aliphatic carbocycles. The predicted molar refractivity (Wildman–Crippen MR) is 162 cm³/mol. The molecule has 6 rings (SSSR count). The van der Waals surface area contributed by atoms with Crippen LogP contribution in [0, 0.1) is 5.41 Å². The summed E-state index contributed by atoms with van der Waals surface area (Å²) in [5.41, 5.74) is 10.3. The molecule has 0 saturated heterocycles. The Morgan fingerprint density at radius 3 is 2.34 bits per heavy atom. The zero-order chi connectivity index (χ0) is 27.0. The SMILES string of the molecule is CCC1CC(C)(C)C=c2cc3c(cc21)=C(c1ccc(C(C)C)cc1)c1cc2c(cc1O3)NC(C)(C)C=C2C. The predicted octanol–water partition coefficient (Wildman–Crippen LogP) is 8.47. The number of hydrogen-bond acceptors (Lipinski definition) is 2. The fraction of sp³-hybridized carbons (Fsp3) is 0.389. The molecule has 0 bridgehead atoms. The molecule has 0 spiro atoms. The van der Waals surface area contributed by atoms with E-state index < -0.39 is 0 Å². The molecule has 3 aromatic carbocycles. The number of hydrogen-bond donors (Lipinski definition) is 1. The van der Waals surface area contributed by atoms with Crippen LogP contribution >= 0.6 is 0 Å². The fourth-order valence-electron chi connectivity index (χ4n) is 6.86. The molecule has 2 heterocycles. The maximum absolute atomic E-state index is 6.76. The first kappa shape index (κ1) is 25.0. The van der Waals surface area contributed by atoms with Gasteiger partial charge in [0.1, 0.15) is 11.5 Å². The zero-order valence-corrected chi connectivity index (χ0v) is 24.3. The Morgan fingerprint density at radius 1 is 0.921 bits per heavy atom. The van der Waals surface area contributed by atoms with Crippen molar-refractivity contribution in [2.75, 3.05) is 5.32 Å². The molecule has 0 aromatic heterocycles. The highest BCUT2D eigenvalue weighted by atomic mass is 16.5. The summed E-state index contributed by atoms with van der Waals surface area (Å²) in [5.74, 6) is 2.96. The Labute approximate surface area is 228 Å². The van der Waals surface area contributed by atoms with Crippen molar-refractivity contribution in [3.05, 3.63) is 92.9 Å². The van der Waals surface area contributed by atoms with E-state index in [0.717, 1.165) is 23.6 Å².